The number of anilines is 3. The molecule has 0 aliphatic carbocycles. The highest BCUT2D eigenvalue weighted by Gasteiger charge is 2.31. The van der Waals surface area contributed by atoms with Crippen LogP contribution in [0.1, 0.15) is 10.4 Å². The number of aromatic nitrogens is 4. The van der Waals surface area contributed by atoms with Gasteiger partial charge in [0.15, 0.2) is 5.13 Å². The minimum absolute atomic E-state index is 0.264. The van der Waals surface area contributed by atoms with Crippen LogP contribution in [0.25, 0.3) is 21.3 Å². The van der Waals surface area contributed by atoms with E-state index in [-0.39, 0.29) is 11.7 Å². The van der Waals surface area contributed by atoms with E-state index in [2.05, 4.69) is 30.3 Å². The first-order chi connectivity index (χ1) is 15.7. The van der Waals surface area contributed by atoms with Gasteiger partial charge < -0.3 is 24.9 Å². The Bertz CT molecular complexity index is 1470. The smallest absolute Gasteiger partial charge is 0.406 e. The van der Waals surface area contributed by atoms with Gasteiger partial charge in [0.25, 0.3) is 5.91 Å². The van der Waals surface area contributed by atoms with E-state index in [1.807, 2.05) is 0 Å². The second kappa shape index (κ2) is 7.81. The molecule has 3 heterocycles. The predicted octanol–water partition coefficient (Wildman–Crippen LogP) is 5.41. The first-order valence-corrected chi connectivity index (χ1v) is 10.4. The molecule has 3 aromatic heterocycles. The van der Waals surface area contributed by atoms with Crippen molar-refractivity contribution in [1.82, 2.24) is 19.5 Å². The lowest BCUT2D eigenvalue weighted by Crippen LogP contribution is -2.16. The molecule has 12 heteroatoms. The Labute approximate surface area is 188 Å². The zero-order valence-electron chi connectivity index (χ0n) is 16.9. The van der Waals surface area contributed by atoms with Gasteiger partial charge in [-0.25, -0.2) is 9.97 Å². The van der Waals surface area contributed by atoms with Gasteiger partial charge in [-0.05, 0) is 36.4 Å². The van der Waals surface area contributed by atoms with Crippen molar-refractivity contribution in [3.05, 3.63) is 60.4 Å². The number of fused-ring (bicyclic) bond motifs is 2. The van der Waals surface area contributed by atoms with E-state index in [0.717, 1.165) is 5.52 Å². The van der Waals surface area contributed by atoms with Crippen LogP contribution in [0.5, 0.6) is 5.75 Å². The third kappa shape index (κ3) is 4.32. The lowest BCUT2D eigenvalue weighted by atomic mass is 10.2. The van der Waals surface area contributed by atoms with Crippen molar-refractivity contribution in [1.29, 1.82) is 0 Å². The standard InChI is InChI=1S/C21H15F3N6O2S/c1-30-16-5-2-11(18(31)26-12-6-7-25-10-12)8-15(16)27-19(30)29-20-28-14-4-3-13(9-17(14)33-20)32-21(22,23)24/h2-10,25H,1H3,(H,26,31)(H,27,28,29). The summed E-state index contributed by atoms with van der Waals surface area (Å²) >= 11 is 1.17. The average Bonchev–Trinajstić information content (AvgIpc) is 3.46. The maximum absolute atomic E-state index is 12.5. The summed E-state index contributed by atoms with van der Waals surface area (Å²) in [5, 5.41) is 6.34. The number of nitrogens with zero attached hydrogens (tertiary/aromatic N) is 3. The number of alkyl halides is 3. The molecule has 8 nitrogen and oxygen atoms in total. The van der Waals surface area contributed by atoms with Crippen LogP contribution >= 0.6 is 11.3 Å². The maximum atomic E-state index is 12.5. The number of H-pyrrole nitrogens is 1. The third-order valence-electron chi connectivity index (χ3n) is 4.81. The monoisotopic (exact) mass is 472 g/mol. The molecule has 33 heavy (non-hydrogen) atoms. The van der Waals surface area contributed by atoms with Crippen LogP contribution in [0.4, 0.5) is 29.9 Å². The second-order valence-electron chi connectivity index (χ2n) is 7.07. The molecule has 2 aromatic carbocycles. The lowest BCUT2D eigenvalue weighted by molar-refractivity contribution is -0.274. The molecule has 0 aliphatic rings. The number of aromatic amines is 1. The molecule has 5 aromatic rings. The summed E-state index contributed by atoms with van der Waals surface area (Å²) in [5.41, 5.74) is 3.02. The van der Waals surface area contributed by atoms with Crippen LogP contribution in [0.15, 0.2) is 54.9 Å². The Balaban J connectivity index is 1.40. The molecule has 3 N–H and O–H groups in total. The Kier molecular flexibility index (Phi) is 4.93. The molecule has 0 bridgehead atoms. The van der Waals surface area contributed by atoms with E-state index in [0.29, 0.717) is 38.1 Å². The highest BCUT2D eigenvalue weighted by atomic mass is 32.1. The van der Waals surface area contributed by atoms with Gasteiger partial charge in [-0.15, -0.1) is 13.2 Å². The number of thiazole rings is 1. The van der Waals surface area contributed by atoms with Gasteiger partial charge in [0, 0.05) is 31.1 Å². The fraction of sp³-hybridized carbons (Fsp3) is 0.0952. The van der Waals surface area contributed by atoms with Gasteiger partial charge in [0.2, 0.25) is 5.95 Å². The average molecular weight is 472 g/mol. The van der Waals surface area contributed by atoms with Crippen LogP contribution in [0.2, 0.25) is 0 Å². The number of carbonyl (C=O) groups is 1. The molecule has 0 fully saturated rings. The number of imidazole rings is 1. The van der Waals surface area contributed by atoms with Gasteiger partial charge in [-0.2, -0.15) is 0 Å². The topological polar surface area (TPSA) is 96.9 Å². The Morgan fingerprint density at radius 2 is 1.97 bits per heavy atom. The molecule has 1 amide bonds. The highest BCUT2D eigenvalue weighted by molar-refractivity contribution is 7.22. The summed E-state index contributed by atoms with van der Waals surface area (Å²) in [4.78, 5) is 24.3. The van der Waals surface area contributed by atoms with Crippen molar-refractivity contribution in [3.8, 4) is 5.75 Å². The van der Waals surface area contributed by atoms with Crippen molar-refractivity contribution < 1.29 is 22.7 Å². The molecule has 0 aliphatic heterocycles. The number of hydrogen-bond acceptors (Lipinski definition) is 6. The summed E-state index contributed by atoms with van der Waals surface area (Å²) in [6.45, 7) is 0. The summed E-state index contributed by atoms with van der Waals surface area (Å²) in [5.74, 6) is -0.0999. The number of rotatable bonds is 5. The molecule has 0 saturated heterocycles. The highest BCUT2D eigenvalue weighted by Crippen LogP contribution is 2.33. The van der Waals surface area contributed by atoms with Crippen molar-refractivity contribution in [2.24, 2.45) is 7.05 Å². The van der Waals surface area contributed by atoms with E-state index in [1.165, 1.54) is 29.5 Å². The third-order valence-corrected chi connectivity index (χ3v) is 5.74. The van der Waals surface area contributed by atoms with Crippen molar-refractivity contribution in [3.63, 3.8) is 0 Å². The van der Waals surface area contributed by atoms with E-state index in [1.54, 1.807) is 48.3 Å². The summed E-state index contributed by atoms with van der Waals surface area (Å²) in [6, 6.07) is 10.9. The summed E-state index contributed by atoms with van der Waals surface area (Å²) in [6.07, 6.45) is -1.37. The SMILES string of the molecule is Cn1c(Nc2nc3ccc(OC(F)(F)F)cc3s2)nc2cc(C(=O)Nc3cc[nH]c3)ccc21. The fourth-order valence-corrected chi connectivity index (χ4v) is 4.20. The fourth-order valence-electron chi connectivity index (χ4n) is 3.31. The van der Waals surface area contributed by atoms with Gasteiger partial charge in [-0.3, -0.25) is 4.79 Å². The van der Waals surface area contributed by atoms with Gasteiger partial charge in [-0.1, -0.05) is 11.3 Å². The predicted molar refractivity (Wildman–Crippen MR) is 119 cm³/mol. The molecule has 5 rings (SSSR count). The Hall–Kier alpha value is -4.06. The summed E-state index contributed by atoms with van der Waals surface area (Å²) < 4.78 is 43.7. The van der Waals surface area contributed by atoms with E-state index < -0.39 is 6.36 Å². The number of hydrogen-bond donors (Lipinski definition) is 3. The Morgan fingerprint density at radius 1 is 1.12 bits per heavy atom. The molecule has 168 valence electrons. The zero-order valence-corrected chi connectivity index (χ0v) is 17.7. The van der Waals surface area contributed by atoms with Crippen LogP contribution < -0.4 is 15.4 Å². The molecule has 0 unspecified atom stereocenters. The minimum atomic E-state index is -4.76. The second-order valence-corrected chi connectivity index (χ2v) is 8.10. The van der Waals surface area contributed by atoms with Crippen molar-refractivity contribution >= 4 is 55.3 Å². The van der Waals surface area contributed by atoms with Crippen LogP contribution in [0.3, 0.4) is 0 Å². The Morgan fingerprint density at radius 3 is 2.73 bits per heavy atom. The van der Waals surface area contributed by atoms with E-state index >= 15 is 0 Å². The number of halogens is 3. The van der Waals surface area contributed by atoms with Gasteiger partial charge in [0.1, 0.15) is 5.75 Å². The molecular formula is C21H15F3N6O2S. The zero-order chi connectivity index (χ0) is 23.2. The number of amides is 1. The largest absolute Gasteiger partial charge is 0.573 e. The van der Waals surface area contributed by atoms with Crippen molar-refractivity contribution in [2.45, 2.75) is 6.36 Å². The molecular weight excluding hydrogens is 457 g/mol. The molecule has 0 saturated carbocycles. The maximum Gasteiger partial charge on any atom is 0.573 e. The number of carbonyl (C=O) groups excluding carboxylic acids is 1. The van der Waals surface area contributed by atoms with Gasteiger partial charge >= 0.3 is 6.36 Å². The molecule has 0 spiro atoms. The van der Waals surface area contributed by atoms with Crippen LogP contribution in [-0.4, -0.2) is 31.8 Å². The molecule has 0 radical (unpaired) electrons. The minimum Gasteiger partial charge on any atom is -0.406 e. The normalized spacial score (nSPS) is 11.8. The first kappa shape index (κ1) is 20.8. The quantitative estimate of drug-likeness (QED) is 0.318. The van der Waals surface area contributed by atoms with Crippen LogP contribution in [-0.2, 0) is 7.05 Å². The summed E-state index contributed by atoms with van der Waals surface area (Å²) in [7, 11) is 1.81. The number of nitrogens with one attached hydrogen (secondary N) is 3. The van der Waals surface area contributed by atoms with E-state index in [4.69, 9.17) is 0 Å². The lowest BCUT2D eigenvalue weighted by Gasteiger charge is -2.07. The van der Waals surface area contributed by atoms with Crippen molar-refractivity contribution in [2.75, 3.05) is 10.6 Å². The number of ether oxygens (including phenoxy) is 1. The van der Waals surface area contributed by atoms with Gasteiger partial charge in [0.05, 0.1) is 26.9 Å². The first-order valence-electron chi connectivity index (χ1n) is 9.59. The van der Waals surface area contributed by atoms with Crippen LogP contribution in [0, 0.1) is 0 Å². The van der Waals surface area contributed by atoms with E-state index in [9.17, 15) is 18.0 Å². The number of aryl methyl sites for hydroxylation is 1. The molecule has 0 atom stereocenters. The number of benzene rings is 2.